The lowest BCUT2D eigenvalue weighted by molar-refractivity contribution is -0.137. The number of nitrogens with zero attached hydrogens (tertiary/aromatic N) is 1. The molecule has 10 heteroatoms. The summed E-state index contributed by atoms with van der Waals surface area (Å²) >= 11 is 0. The molecule has 0 aliphatic rings. The Bertz CT molecular complexity index is 1410. The second kappa shape index (κ2) is 11.5. The van der Waals surface area contributed by atoms with Crippen LogP contribution in [0.2, 0.25) is 0 Å². The van der Waals surface area contributed by atoms with Gasteiger partial charge in [-0.1, -0.05) is 54.6 Å². The van der Waals surface area contributed by atoms with Gasteiger partial charge in [0.1, 0.15) is 11.5 Å². The number of aromatic hydroxyl groups is 1. The molecule has 0 spiro atoms. The Morgan fingerprint density at radius 3 is 2.39 bits per heavy atom. The standard InChI is InChI=1S/C28H23F3N4O3/c29-28(30,31)19-9-6-10-21(15-19)38-26-14-13-20(17-33-26)34-27(37)35-24(22-11-4-5-12-25(22)36)16-23(32)18-7-2-1-3-8-18/h1-15,17,24,32,36H,16H2,(H2,34,35,37). The number of aromatic nitrogens is 1. The molecular weight excluding hydrogens is 497 g/mol. The fourth-order valence-electron chi connectivity index (χ4n) is 3.68. The summed E-state index contributed by atoms with van der Waals surface area (Å²) in [6.45, 7) is 0. The Kier molecular flexibility index (Phi) is 7.91. The van der Waals surface area contributed by atoms with Crippen molar-refractivity contribution in [2.45, 2.75) is 18.6 Å². The van der Waals surface area contributed by atoms with Gasteiger partial charge in [0, 0.05) is 23.8 Å². The van der Waals surface area contributed by atoms with Crippen LogP contribution in [0.25, 0.3) is 0 Å². The monoisotopic (exact) mass is 520 g/mol. The number of ether oxygens (including phenoxy) is 1. The van der Waals surface area contributed by atoms with E-state index in [1.807, 2.05) is 18.2 Å². The maximum atomic E-state index is 12.9. The minimum Gasteiger partial charge on any atom is -0.508 e. The number of halogens is 3. The third kappa shape index (κ3) is 6.88. The number of urea groups is 1. The van der Waals surface area contributed by atoms with Crippen LogP contribution in [0.5, 0.6) is 17.4 Å². The van der Waals surface area contributed by atoms with Crippen LogP contribution in [0.4, 0.5) is 23.7 Å². The third-order valence-electron chi connectivity index (χ3n) is 5.53. The number of phenolic OH excluding ortho intramolecular Hbond substituents is 1. The van der Waals surface area contributed by atoms with Crippen LogP contribution in [0, 0.1) is 5.41 Å². The summed E-state index contributed by atoms with van der Waals surface area (Å²) in [5.74, 6) is -0.00718. The van der Waals surface area contributed by atoms with Gasteiger partial charge in [-0.25, -0.2) is 9.78 Å². The van der Waals surface area contributed by atoms with Gasteiger partial charge < -0.3 is 25.9 Å². The number of para-hydroxylation sites is 1. The molecule has 2 amide bonds. The Morgan fingerprint density at radius 1 is 0.974 bits per heavy atom. The summed E-state index contributed by atoms with van der Waals surface area (Å²) < 4.78 is 44.2. The van der Waals surface area contributed by atoms with E-state index in [9.17, 15) is 23.1 Å². The van der Waals surface area contributed by atoms with Gasteiger partial charge in [-0.05, 0) is 35.9 Å². The highest BCUT2D eigenvalue weighted by atomic mass is 19.4. The lowest BCUT2D eigenvalue weighted by atomic mass is 9.96. The molecule has 194 valence electrons. The average Bonchev–Trinajstić information content (AvgIpc) is 2.90. The van der Waals surface area contributed by atoms with Crippen molar-refractivity contribution in [2.24, 2.45) is 0 Å². The lowest BCUT2D eigenvalue weighted by Crippen LogP contribution is -2.34. The van der Waals surface area contributed by atoms with E-state index in [1.54, 1.807) is 30.3 Å². The summed E-state index contributed by atoms with van der Waals surface area (Å²) in [6.07, 6.45) is -3.08. The SMILES string of the molecule is N=C(CC(NC(=O)Nc1ccc(Oc2cccc(C(F)(F)F)c2)nc1)c1ccccc1O)c1ccccc1. The van der Waals surface area contributed by atoms with Crippen molar-refractivity contribution in [3.05, 3.63) is 114 Å². The van der Waals surface area contributed by atoms with Crippen molar-refractivity contribution in [1.82, 2.24) is 10.3 Å². The summed E-state index contributed by atoms with van der Waals surface area (Å²) in [4.78, 5) is 16.8. The molecule has 4 N–H and O–H groups in total. The molecule has 0 aliphatic heterocycles. The molecular formula is C28H23F3N4O3. The second-order valence-electron chi connectivity index (χ2n) is 8.27. The highest BCUT2D eigenvalue weighted by Gasteiger charge is 2.30. The lowest BCUT2D eigenvalue weighted by Gasteiger charge is -2.21. The van der Waals surface area contributed by atoms with Crippen molar-refractivity contribution in [3.63, 3.8) is 0 Å². The molecule has 0 saturated heterocycles. The molecule has 0 radical (unpaired) electrons. The quantitative estimate of drug-likeness (QED) is 0.189. The van der Waals surface area contributed by atoms with E-state index in [-0.39, 0.29) is 29.5 Å². The van der Waals surface area contributed by atoms with E-state index in [0.717, 1.165) is 12.1 Å². The normalized spacial score (nSPS) is 11.9. The van der Waals surface area contributed by atoms with Gasteiger partial charge in [-0.2, -0.15) is 13.2 Å². The van der Waals surface area contributed by atoms with E-state index in [1.165, 1.54) is 36.5 Å². The number of carbonyl (C=O) groups is 1. The summed E-state index contributed by atoms with van der Waals surface area (Å²) in [7, 11) is 0. The van der Waals surface area contributed by atoms with Crippen LogP contribution in [-0.2, 0) is 6.18 Å². The average molecular weight is 521 g/mol. The van der Waals surface area contributed by atoms with E-state index >= 15 is 0 Å². The van der Waals surface area contributed by atoms with Crippen LogP contribution in [0.3, 0.4) is 0 Å². The number of amides is 2. The second-order valence-corrected chi connectivity index (χ2v) is 8.27. The van der Waals surface area contributed by atoms with Crippen LogP contribution in [-0.4, -0.2) is 21.8 Å². The number of rotatable bonds is 8. The fraction of sp³-hybridized carbons (Fsp3) is 0.107. The van der Waals surface area contributed by atoms with Gasteiger partial charge in [0.2, 0.25) is 5.88 Å². The first kappa shape index (κ1) is 26.2. The number of carbonyl (C=O) groups excluding carboxylic acids is 1. The number of alkyl halides is 3. The van der Waals surface area contributed by atoms with Crippen molar-refractivity contribution in [2.75, 3.05) is 5.32 Å². The number of pyridine rings is 1. The summed E-state index contributed by atoms with van der Waals surface area (Å²) in [5, 5.41) is 24.2. The molecule has 38 heavy (non-hydrogen) atoms. The smallest absolute Gasteiger partial charge is 0.416 e. The maximum absolute atomic E-state index is 12.9. The van der Waals surface area contributed by atoms with Gasteiger partial charge in [-0.15, -0.1) is 0 Å². The molecule has 1 aromatic heterocycles. The molecule has 3 aromatic carbocycles. The molecule has 4 aromatic rings. The van der Waals surface area contributed by atoms with Crippen molar-refractivity contribution in [3.8, 4) is 17.4 Å². The number of anilines is 1. The van der Waals surface area contributed by atoms with E-state index in [0.29, 0.717) is 16.8 Å². The number of hydrogen-bond donors (Lipinski definition) is 4. The Morgan fingerprint density at radius 2 is 1.71 bits per heavy atom. The van der Waals surface area contributed by atoms with E-state index < -0.39 is 23.8 Å². The van der Waals surface area contributed by atoms with Crippen molar-refractivity contribution < 1.29 is 27.8 Å². The minimum absolute atomic E-state index is 0.0172. The minimum atomic E-state index is -4.50. The first-order chi connectivity index (χ1) is 18.2. The molecule has 4 rings (SSSR count). The zero-order valence-electron chi connectivity index (χ0n) is 19.9. The number of phenols is 1. The van der Waals surface area contributed by atoms with Crippen LogP contribution in [0.1, 0.15) is 29.2 Å². The summed E-state index contributed by atoms with van der Waals surface area (Å²) in [5.41, 5.74) is 0.872. The highest BCUT2D eigenvalue weighted by molar-refractivity contribution is 5.99. The number of nitrogens with one attached hydrogen (secondary N) is 3. The Hall–Kier alpha value is -4.86. The van der Waals surface area contributed by atoms with E-state index in [2.05, 4.69) is 15.6 Å². The van der Waals surface area contributed by atoms with Gasteiger partial charge in [0.15, 0.2) is 0 Å². The van der Waals surface area contributed by atoms with Crippen LogP contribution < -0.4 is 15.4 Å². The molecule has 1 unspecified atom stereocenters. The number of benzene rings is 3. The first-order valence-electron chi connectivity index (χ1n) is 11.5. The van der Waals surface area contributed by atoms with Gasteiger partial charge in [0.25, 0.3) is 0 Å². The van der Waals surface area contributed by atoms with Gasteiger partial charge >= 0.3 is 12.2 Å². The van der Waals surface area contributed by atoms with Crippen LogP contribution >= 0.6 is 0 Å². The molecule has 0 saturated carbocycles. The molecule has 0 aliphatic carbocycles. The molecule has 1 heterocycles. The largest absolute Gasteiger partial charge is 0.508 e. The zero-order chi connectivity index (χ0) is 27.1. The number of hydrogen-bond acceptors (Lipinski definition) is 5. The Balaban J connectivity index is 1.43. The van der Waals surface area contributed by atoms with E-state index in [4.69, 9.17) is 10.1 Å². The summed E-state index contributed by atoms with van der Waals surface area (Å²) in [6, 6.07) is 21.6. The zero-order valence-corrected chi connectivity index (χ0v) is 19.9. The fourth-order valence-corrected chi connectivity index (χ4v) is 3.68. The maximum Gasteiger partial charge on any atom is 0.416 e. The highest BCUT2D eigenvalue weighted by Crippen LogP contribution is 2.32. The predicted octanol–water partition coefficient (Wildman–Crippen LogP) is 6.92. The van der Waals surface area contributed by atoms with Crippen molar-refractivity contribution in [1.29, 1.82) is 5.41 Å². The van der Waals surface area contributed by atoms with Crippen LogP contribution in [0.15, 0.2) is 97.2 Å². The van der Waals surface area contributed by atoms with Gasteiger partial charge in [-0.3, -0.25) is 0 Å². The molecule has 1 atom stereocenters. The molecule has 0 fully saturated rings. The topological polar surface area (TPSA) is 107 Å². The molecule has 7 nitrogen and oxygen atoms in total. The van der Waals surface area contributed by atoms with Gasteiger partial charge in [0.05, 0.1) is 23.5 Å². The predicted molar refractivity (Wildman–Crippen MR) is 137 cm³/mol. The third-order valence-corrected chi connectivity index (χ3v) is 5.53. The first-order valence-corrected chi connectivity index (χ1v) is 11.5. The van der Waals surface area contributed by atoms with Crippen molar-refractivity contribution >= 4 is 17.4 Å². The Labute approximate surface area is 216 Å². The molecule has 0 bridgehead atoms.